The van der Waals surface area contributed by atoms with Crippen LogP contribution in [0.25, 0.3) is 0 Å². The molecule has 0 aliphatic heterocycles. The molecule has 92 valence electrons. The Morgan fingerprint density at radius 1 is 1.38 bits per heavy atom. The minimum absolute atomic E-state index is 0.128. The van der Waals surface area contributed by atoms with Crippen LogP contribution in [0.5, 0.6) is 0 Å². The molecule has 0 aliphatic rings. The van der Waals surface area contributed by atoms with Crippen LogP contribution in [0.15, 0.2) is 15.7 Å². The first-order valence-corrected chi connectivity index (χ1v) is 6.97. The summed E-state index contributed by atoms with van der Waals surface area (Å²) in [5, 5.41) is 3.55. The van der Waals surface area contributed by atoms with Crippen molar-refractivity contribution in [3.05, 3.63) is 12.0 Å². The molecule has 1 aromatic rings. The highest BCUT2D eigenvalue weighted by Gasteiger charge is 2.19. The van der Waals surface area contributed by atoms with Crippen LogP contribution in [-0.2, 0) is 10.0 Å². The zero-order chi connectivity index (χ0) is 12.0. The van der Waals surface area contributed by atoms with Gasteiger partial charge in [-0.15, -0.1) is 0 Å². The van der Waals surface area contributed by atoms with Gasteiger partial charge in [0.2, 0.25) is 10.0 Å². The van der Waals surface area contributed by atoms with Crippen LogP contribution < -0.4 is 4.72 Å². The average molecular weight is 246 g/mol. The van der Waals surface area contributed by atoms with Crippen LogP contribution in [0.3, 0.4) is 0 Å². The summed E-state index contributed by atoms with van der Waals surface area (Å²) in [6.45, 7) is 4.19. The highest BCUT2D eigenvalue weighted by atomic mass is 32.2. The van der Waals surface area contributed by atoms with E-state index >= 15 is 0 Å². The molecule has 5 nitrogen and oxygen atoms in total. The van der Waals surface area contributed by atoms with Crippen molar-refractivity contribution >= 4 is 10.0 Å². The van der Waals surface area contributed by atoms with E-state index in [9.17, 15) is 8.42 Å². The zero-order valence-corrected chi connectivity index (χ0v) is 10.5. The zero-order valence-electron chi connectivity index (χ0n) is 9.69. The molecular formula is C10H18N2O3S. The molecule has 0 aliphatic carbocycles. The van der Waals surface area contributed by atoms with Gasteiger partial charge in [-0.2, -0.15) is 0 Å². The van der Waals surface area contributed by atoms with Crippen LogP contribution in [0, 0.1) is 6.92 Å². The number of unbranched alkanes of at least 4 members (excludes halogenated alkanes) is 3. The standard InChI is InChI=1S/C10H18N2O3S/c1-3-4-5-6-7-11-16(13,14)10-8-15-12-9(10)2/h8,11H,3-7H2,1-2H3. The number of sulfonamides is 1. The molecule has 0 spiro atoms. The van der Waals surface area contributed by atoms with Crippen molar-refractivity contribution < 1.29 is 12.9 Å². The molecule has 0 unspecified atom stereocenters. The fourth-order valence-corrected chi connectivity index (χ4v) is 2.54. The maximum absolute atomic E-state index is 11.7. The van der Waals surface area contributed by atoms with Crippen LogP contribution in [0.1, 0.15) is 38.3 Å². The fraction of sp³-hybridized carbons (Fsp3) is 0.700. The Labute approximate surface area is 96.3 Å². The summed E-state index contributed by atoms with van der Waals surface area (Å²) in [5.74, 6) is 0. The van der Waals surface area contributed by atoms with Gasteiger partial charge >= 0.3 is 0 Å². The molecule has 0 saturated carbocycles. The lowest BCUT2D eigenvalue weighted by Gasteiger charge is -2.04. The lowest BCUT2D eigenvalue weighted by molar-refractivity contribution is 0.413. The molecule has 6 heteroatoms. The van der Waals surface area contributed by atoms with Gasteiger partial charge in [-0.05, 0) is 13.3 Å². The Bertz CT molecular complexity index is 411. The molecule has 0 saturated heterocycles. The highest BCUT2D eigenvalue weighted by molar-refractivity contribution is 7.89. The van der Waals surface area contributed by atoms with Gasteiger partial charge in [-0.25, -0.2) is 13.1 Å². The number of rotatable bonds is 7. The van der Waals surface area contributed by atoms with E-state index in [2.05, 4.69) is 21.3 Å². The Morgan fingerprint density at radius 2 is 2.12 bits per heavy atom. The lowest BCUT2D eigenvalue weighted by atomic mass is 10.2. The minimum Gasteiger partial charge on any atom is -0.363 e. The second-order valence-corrected chi connectivity index (χ2v) is 5.46. The normalized spacial score (nSPS) is 11.9. The largest absolute Gasteiger partial charge is 0.363 e. The second kappa shape index (κ2) is 6.00. The second-order valence-electron chi connectivity index (χ2n) is 3.72. The Morgan fingerprint density at radius 3 is 2.69 bits per heavy atom. The molecule has 0 aromatic carbocycles. The minimum atomic E-state index is -3.44. The fourth-order valence-electron chi connectivity index (χ4n) is 1.38. The molecule has 0 radical (unpaired) electrons. The molecule has 0 amide bonds. The maximum atomic E-state index is 11.7. The van der Waals surface area contributed by atoms with E-state index in [-0.39, 0.29) is 4.90 Å². The molecule has 0 atom stereocenters. The van der Waals surface area contributed by atoms with Crippen molar-refractivity contribution in [2.45, 2.75) is 44.4 Å². The number of hydrogen-bond donors (Lipinski definition) is 1. The van der Waals surface area contributed by atoms with Gasteiger partial charge < -0.3 is 4.52 Å². The number of nitrogens with zero attached hydrogens (tertiary/aromatic N) is 1. The van der Waals surface area contributed by atoms with Gasteiger partial charge in [-0.1, -0.05) is 31.3 Å². The summed E-state index contributed by atoms with van der Waals surface area (Å²) < 4.78 is 30.6. The first-order valence-electron chi connectivity index (χ1n) is 5.48. The SMILES string of the molecule is CCCCCCNS(=O)(=O)c1conc1C. The number of hydrogen-bond acceptors (Lipinski definition) is 4. The Hall–Kier alpha value is -0.880. The maximum Gasteiger partial charge on any atom is 0.245 e. The van der Waals surface area contributed by atoms with Gasteiger partial charge in [0.05, 0.1) is 0 Å². The Kier molecular flexibility index (Phi) is 4.95. The molecule has 0 bridgehead atoms. The van der Waals surface area contributed by atoms with Crippen molar-refractivity contribution in [1.29, 1.82) is 0 Å². The van der Waals surface area contributed by atoms with Crippen molar-refractivity contribution in [3.63, 3.8) is 0 Å². The van der Waals surface area contributed by atoms with E-state index in [0.717, 1.165) is 31.9 Å². The van der Waals surface area contributed by atoms with Crippen molar-refractivity contribution in [3.8, 4) is 0 Å². The summed E-state index contributed by atoms with van der Waals surface area (Å²) in [5.41, 5.74) is 0.390. The van der Waals surface area contributed by atoms with E-state index < -0.39 is 10.0 Å². The van der Waals surface area contributed by atoms with Crippen LogP contribution in [-0.4, -0.2) is 20.1 Å². The molecule has 1 rings (SSSR count). The van der Waals surface area contributed by atoms with E-state index in [4.69, 9.17) is 0 Å². The first-order chi connectivity index (χ1) is 7.58. The van der Waals surface area contributed by atoms with Gasteiger partial charge in [-0.3, -0.25) is 0 Å². The van der Waals surface area contributed by atoms with Crippen LogP contribution in [0.2, 0.25) is 0 Å². The first kappa shape index (κ1) is 13.2. The third-order valence-electron chi connectivity index (χ3n) is 2.32. The van der Waals surface area contributed by atoms with Crippen LogP contribution in [0.4, 0.5) is 0 Å². The quantitative estimate of drug-likeness (QED) is 0.745. The van der Waals surface area contributed by atoms with E-state index in [1.807, 2.05) is 0 Å². The van der Waals surface area contributed by atoms with Crippen molar-refractivity contribution in [2.24, 2.45) is 0 Å². The van der Waals surface area contributed by atoms with Crippen LogP contribution >= 0.6 is 0 Å². The van der Waals surface area contributed by atoms with E-state index in [1.54, 1.807) is 6.92 Å². The van der Waals surface area contributed by atoms with E-state index in [0.29, 0.717) is 12.2 Å². The summed E-state index contributed by atoms with van der Waals surface area (Å²) in [6, 6.07) is 0. The summed E-state index contributed by atoms with van der Waals surface area (Å²) in [7, 11) is -3.44. The van der Waals surface area contributed by atoms with Gasteiger partial charge in [0.15, 0.2) is 0 Å². The molecule has 1 aromatic heterocycles. The van der Waals surface area contributed by atoms with Gasteiger partial charge in [0.25, 0.3) is 0 Å². The lowest BCUT2D eigenvalue weighted by Crippen LogP contribution is -2.25. The third-order valence-corrected chi connectivity index (χ3v) is 3.87. The van der Waals surface area contributed by atoms with Gasteiger partial charge in [0, 0.05) is 6.54 Å². The monoisotopic (exact) mass is 246 g/mol. The molecule has 1 N–H and O–H groups in total. The average Bonchev–Trinajstić information content (AvgIpc) is 2.65. The van der Waals surface area contributed by atoms with Crippen molar-refractivity contribution in [1.82, 2.24) is 9.88 Å². The summed E-state index contributed by atoms with van der Waals surface area (Å²) in [6.07, 6.45) is 5.33. The predicted octanol–water partition coefficient (Wildman–Crippen LogP) is 1.84. The van der Waals surface area contributed by atoms with Crippen molar-refractivity contribution in [2.75, 3.05) is 6.54 Å². The Balaban J connectivity index is 2.45. The summed E-state index contributed by atoms with van der Waals surface area (Å²) >= 11 is 0. The molecule has 0 fully saturated rings. The summed E-state index contributed by atoms with van der Waals surface area (Å²) in [4.78, 5) is 0.128. The number of nitrogens with one attached hydrogen (secondary N) is 1. The molecule has 16 heavy (non-hydrogen) atoms. The molecular weight excluding hydrogens is 228 g/mol. The van der Waals surface area contributed by atoms with Gasteiger partial charge in [0.1, 0.15) is 16.9 Å². The predicted molar refractivity (Wildman–Crippen MR) is 60.6 cm³/mol. The third kappa shape index (κ3) is 3.61. The molecule has 1 heterocycles. The number of aryl methyl sites for hydroxylation is 1. The number of aromatic nitrogens is 1. The highest BCUT2D eigenvalue weighted by Crippen LogP contribution is 2.12. The van der Waals surface area contributed by atoms with E-state index in [1.165, 1.54) is 0 Å². The smallest absolute Gasteiger partial charge is 0.245 e. The topological polar surface area (TPSA) is 72.2 Å².